The molecule has 5 rings (SSSR count). The second kappa shape index (κ2) is 6.18. The standard InChI is InChI=1S/C23H30N2O2/c1-4-18-19-11-10-17-20(16-8-6-5-7-9-16)25(3)24-21(17)22(19,2)12-13-23(18)26-14-15-27-23/h5-9,18-19H,4,10-15H2,1-3H3/t18-,19-,22-/m0/s1. The van der Waals surface area contributed by atoms with Gasteiger partial charge in [0.15, 0.2) is 5.79 Å². The van der Waals surface area contributed by atoms with Gasteiger partial charge in [0.1, 0.15) is 0 Å². The second-order valence-electron chi connectivity index (χ2n) is 8.75. The fourth-order valence-electron chi connectivity index (χ4n) is 6.31. The summed E-state index contributed by atoms with van der Waals surface area (Å²) in [6, 6.07) is 10.7. The average molecular weight is 367 g/mol. The first kappa shape index (κ1) is 17.4. The molecule has 0 unspecified atom stereocenters. The van der Waals surface area contributed by atoms with Gasteiger partial charge in [0.05, 0.1) is 24.6 Å². The van der Waals surface area contributed by atoms with Crippen molar-refractivity contribution in [3.8, 4) is 11.3 Å². The van der Waals surface area contributed by atoms with E-state index in [9.17, 15) is 0 Å². The van der Waals surface area contributed by atoms with Crippen molar-refractivity contribution in [3.63, 3.8) is 0 Å². The Morgan fingerprint density at radius 1 is 1.15 bits per heavy atom. The van der Waals surface area contributed by atoms with Crippen molar-refractivity contribution in [2.45, 2.75) is 57.2 Å². The highest BCUT2D eigenvalue weighted by molar-refractivity contribution is 5.66. The lowest BCUT2D eigenvalue weighted by atomic mass is 9.54. The Kier molecular flexibility index (Phi) is 3.99. The van der Waals surface area contributed by atoms with E-state index in [0.29, 0.717) is 11.8 Å². The lowest BCUT2D eigenvalue weighted by Gasteiger charge is -2.54. The number of nitrogens with zero attached hydrogens (tertiary/aromatic N) is 2. The van der Waals surface area contributed by atoms with Crippen LogP contribution in [0.5, 0.6) is 0 Å². The predicted octanol–water partition coefficient (Wildman–Crippen LogP) is 4.47. The van der Waals surface area contributed by atoms with Crippen LogP contribution in [0.1, 0.15) is 50.8 Å². The van der Waals surface area contributed by atoms with Gasteiger partial charge in [0, 0.05) is 35.9 Å². The Morgan fingerprint density at radius 2 is 1.89 bits per heavy atom. The molecule has 1 spiro atoms. The van der Waals surface area contributed by atoms with Crippen LogP contribution in [0.3, 0.4) is 0 Å². The summed E-state index contributed by atoms with van der Waals surface area (Å²) in [5, 5.41) is 5.10. The van der Waals surface area contributed by atoms with Crippen molar-refractivity contribution in [2.75, 3.05) is 13.2 Å². The molecule has 27 heavy (non-hydrogen) atoms. The largest absolute Gasteiger partial charge is 0.347 e. The Hall–Kier alpha value is -1.65. The first-order valence-electron chi connectivity index (χ1n) is 10.5. The molecule has 4 heteroatoms. The van der Waals surface area contributed by atoms with Gasteiger partial charge >= 0.3 is 0 Å². The van der Waals surface area contributed by atoms with Gasteiger partial charge < -0.3 is 9.47 Å². The van der Waals surface area contributed by atoms with Crippen LogP contribution in [0.15, 0.2) is 30.3 Å². The Bertz CT molecular complexity index is 838. The molecule has 1 aromatic carbocycles. The van der Waals surface area contributed by atoms with Crippen LogP contribution >= 0.6 is 0 Å². The van der Waals surface area contributed by atoms with Crippen LogP contribution in [0.25, 0.3) is 11.3 Å². The molecular weight excluding hydrogens is 336 g/mol. The van der Waals surface area contributed by atoms with E-state index in [0.717, 1.165) is 38.9 Å². The molecule has 3 atom stereocenters. The summed E-state index contributed by atoms with van der Waals surface area (Å²) in [5.74, 6) is 0.683. The van der Waals surface area contributed by atoms with Crippen LogP contribution in [-0.2, 0) is 28.4 Å². The molecular formula is C23H30N2O2. The van der Waals surface area contributed by atoms with Gasteiger partial charge in [-0.15, -0.1) is 0 Å². The molecule has 0 radical (unpaired) electrons. The summed E-state index contributed by atoms with van der Waals surface area (Å²) in [7, 11) is 2.10. The molecule has 0 N–H and O–H groups in total. The molecule has 0 amide bonds. The van der Waals surface area contributed by atoms with E-state index in [1.807, 2.05) is 0 Å². The van der Waals surface area contributed by atoms with E-state index in [2.05, 4.69) is 55.9 Å². The second-order valence-corrected chi connectivity index (χ2v) is 8.75. The van der Waals surface area contributed by atoms with E-state index in [1.165, 1.54) is 28.9 Å². The summed E-state index contributed by atoms with van der Waals surface area (Å²) in [4.78, 5) is 0. The zero-order valence-corrected chi connectivity index (χ0v) is 16.7. The highest BCUT2D eigenvalue weighted by atomic mass is 16.7. The predicted molar refractivity (Wildman–Crippen MR) is 105 cm³/mol. The van der Waals surface area contributed by atoms with E-state index < -0.39 is 0 Å². The van der Waals surface area contributed by atoms with Gasteiger partial charge in [-0.3, -0.25) is 4.68 Å². The van der Waals surface area contributed by atoms with Crippen LogP contribution in [0, 0.1) is 11.8 Å². The molecule has 1 saturated carbocycles. The normalized spacial score (nSPS) is 31.7. The quantitative estimate of drug-likeness (QED) is 0.787. The van der Waals surface area contributed by atoms with Crippen molar-refractivity contribution < 1.29 is 9.47 Å². The van der Waals surface area contributed by atoms with Gasteiger partial charge in [0.25, 0.3) is 0 Å². The van der Waals surface area contributed by atoms with E-state index >= 15 is 0 Å². The topological polar surface area (TPSA) is 36.3 Å². The first-order chi connectivity index (χ1) is 13.1. The van der Waals surface area contributed by atoms with Gasteiger partial charge in [0.2, 0.25) is 0 Å². The Labute approximate surface area is 161 Å². The molecule has 1 aromatic heterocycles. The summed E-state index contributed by atoms with van der Waals surface area (Å²) in [6.07, 6.45) is 5.47. The number of rotatable bonds is 2. The van der Waals surface area contributed by atoms with Crippen molar-refractivity contribution in [2.24, 2.45) is 18.9 Å². The number of hydrogen-bond donors (Lipinski definition) is 0. The minimum Gasteiger partial charge on any atom is -0.347 e. The van der Waals surface area contributed by atoms with Gasteiger partial charge in [-0.2, -0.15) is 5.10 Å². The maximum Gasteiger partial charge on any atom is 0.171 e. The fourth-order valence-corrected chi connectivity index (χ4v) is 6.31. The first-order valence-corrected chi connectivity index (χ1v) is 10.5. The molecule has 2 aliphatic carbocycles. The SMILES string of the molecule is CC[C@H]1[C@@H]2CCc3c(nn(C)c3-c3ccccc3)[C@@]2(C)CCC12OCCO2. The van der Waals surface area contributed by atoms with Crippen molar-refractivity contribution in [3.05, 3.63) is 41.6 Å². The van der Waals surface area contributed by atoms with Crippen LogP contribution in [0.2, 0.25) is 0 Å². The van der Waals surface area contributed by atoms with Crippen LogP contribution < -0.4 is 0 Å². The van der Waals surface area contributed by atoms with Crippen LogP contribution in [0.4, 0.5) is 0 Å². The summed E-state index contributed by atoms with van der Waals surface area (Å²) in [6.45, 7) is 6.23. The zero-order chi connectivity index (χ0) is 18.6. The Balaban J connectivity index is 1.59. The van der Waals surface area contributed by atoms with Crippen molar-refractivity contribution in [1.82, 2.24) is 9.78 Å². The lowest BCUT2D eigenvalue weighted by molar-refractivity contribution is -0.240. The third-order valence-corrected chi connectivity index (χ3v) is 7.52. The van der Waals surface area contributed by atoms with E-state index in [1.54, 1.807) is 0 Å². The molecule has 0 bridgehead atoms. The third kappa shape index (κ3) is 2.39. The number of aryl methyl sites for hydroxylation is 1. The van der Waals surface area contributed by atoms with Gasteiger partial charge in [-0.1, -0.05) is 44.2 Å². The smallest absolute Gasteiger partial charge is 0.171 e. The zero-order valence-electron chi connectivity index (χ0n) is 16.7. The minimum atomic E-state index is -0.340. The van der Waals surface area contributed by atoms with Gasteiger partial charge in [-0.05, 0) is 31.6 Å². The molecule has 4 nitrogen and oxygen atoms in total. The summed E-state index contributed by atoms with van der Waals surface area (Å²) < 4.78 is 14.5. The van der Waals surface area contributed by atoms with E-state index in [4.69, 9.17) is 14.6 Å². The highest BCUT2D eigenvalue weighted by Gasteiger charge is 2.59. The fraction of sp³-hybridized carbons (Fsp3) is 0.609. The van der Waals surface area contributed by atoms with Crippen LogP contribution in [-0.4, -0.2) is 28.8 Å². The number of ether oxygens (including phenoxy) is 2. The Morgan fingerprint density at radius 3 is 2.59 bits per heavy atom. The lowest BCUT2D eigenvalue weighted by Crippen LogP contribution is -2.56. The van der Waals surface area contributed by atoms with Crippen molar-refractivity contribution >= 4 is 0 Å². The molecule has 1 aliphatic heterocycles. The summed E-state index contributed by atoms with van der Waals surface area (Å²) in [5.41, 5.74) is 5.47. The number of hydrogen-bond acceptors (Lipinski definition) is 3. The molecule has 2 heterocycles. The average Bonchev–Trinajstić information content (AvgIpc) is 3.28. The maximum absolute atomic E-state index is 6.22. The number of benzene rings is 1. The maximum atomic E-state index is 6.22. The van der Waals surface area contributed by atoms with Crippen molar-refractivity contribution in [1.29, 1.82) is 0 Å². The number of fused-ring (bicyclic) bond motifs is 3. The number of aromatic nitrogens is 2. The summed E-state index contributed by atoms with van der Waals surface area (Å²) >= 11 is 0. The minimum absolute atomic E-state index is 0.111. The molecule has 2 fully saturated rings. The molecule has 2 aromatic rings. The van der Waals surface area contributed by atoms with E-state index in [-0.39, 0.29) is 11.2 Å². The third-order valence-electron chi connectivity index (χ3n) is 7.52. The monoisotopic (exact) mass is 366 g/mol. The van der Waals surface area contributed by atoms with Gasteiger partial charge in [-0.25, -0.2) is 0 Å². The molecule has 144 valence electrons. The molecule has 3 aliphatic rings. The molecule has 1 saturated heterocycles. The highest BCUT2D eigenvalue weighted by Crippen LogP contribution is 2.58.